The van der Waals surface area contributed by atoms with Crippen molar-refractivity contribution in [2.24, 2.45) is 0 Å². The van der Waals surface area contributed by atoms with E-state index in [-0.39, 0.29) is 12.5 Å². The third kappa shape index (κ3) is 5.93. The lowest BCUT2D eigenvalue weighted by Crippen LogP contribution is -2.06. The summed E-state index contributed by atoms with van der Waals surface area (Å²) in [7, 11) is 1.57. The van der Waals surface area contributed by atoms with Crippen LogP contribution in [0.2, 0.25) is 0 Å². The van der Waals surface area contributed by atoms with Crippen LogP contribution in [0.4, 0.5) is 5.69 Å². The fourth-order valence-electron chi connectivity index (χ4n) is 1.82. The van der Waals surface area contributed by atoms with Crippen LogP contribution < -0.4 is 14.8 Å². The van der Waals surface area contributed by atoms with E-state index in [0.717, 1.165) is 25.7 Å². The van der Waals surface area contributed by atoms with Gasteiger partial charge in [-0.05, 0) is 31.4 Å². The van der Waals surface area contributed by atoms with E-state index in [1.54, 1.807) is 25.3 Å². The zero-order valence-corrected chi connectivity index (χ0v) is 12.1. The van der Waals surface area contributed by atoms with Gasteiger partial charge in [0, 0.05) is 25.3 Å². The van der Waals surface area contributed by atoms with Crippen LogP contribution in [-0.2, 0) is 4.79 Å². The molecule has 112 valence electrons. The lowest BCUT2D eigenvalue weighted by molar-refractivity contribution is -0.114. The molecule has 0 aliphatic rings. The highest BCUT2D eigenvalue weighted by molar-refractivity contribution is 5.89. The van der Waals surface area contributed by atoms with Crippen molar-refractivity contribution in [3.63, 3.8) is 0 Å². The van der Waals surface area contributed by atoms with E-state index in [4.69, 9.17) is 14.6 Å². The Morgan fingerprint density at radius 2 is 1.95 bits per heavy atom. The third-order valence-corrected chi connectivity index (χ3v) is 2.79. The Labute approximate surface area is 119 Å². The monoisotopic (exact) mass is 281 g/mol. The summed E-state index contributed by atoms with van der Waals surface area (Å²) in [5.41, 5.74) is 0.685. The molecule has 0 heterocycles. The maximum atomic E-state index is 11.0. The van der Waals surface area contributed by atoms with Gasteiger partial charge < -0.3 is 19.9 Å². The SMILES string of the molecule is COc1cc(NC(C)=O)ccc1OCCCCCCO. The highest BCUT2D eigenvalue weighted by Gasteiger charge is 2.06. The van der Waals surface area contributed by atoms with Gasteiger partial charge in [-0.3, -0.25) is 4.79 Å². The average Bonchev–Trinajstić information content (AvgIpc) is 2.43. The number of anilines is 1. The Morgan fingerprint density at radius 1 is 1.20 bits per heavy atom. The molecule has 0 unspecified atom stereocenters. The number of hydrogen-bond donors (Lipinski definition) is 2. The van der Waals surface area contributed by atoms with Gasteiger partial charge in [0.15, 0.2) is 11.5 Å². The van der Waals surface area contributed by atoms with Gasteiger partial charge in [0.1, 0.15) is 0 Å². The van der Waals surface area contributed by atoms with Crippen LogP contribution in [0.5, 0.6) is 11.5 Å². The van der Waals surface area contributed by atoms with Crippen molar-refractivity contribution in [2.45, 2.75) is 32.6 Å². The van der Waals surface area contributed by atoms with E-state index in [1.807, 2.05) is 0 Å². The van der Waals surface area contributed by atoms with E-state index in [2.05, 4.69) is 5.32 Å². The molecule has 1 amide bonds. The molecule has 0 atom stereocenters. The molecule has 5 heteroatoms. The number of carbonyl (C=O) groups is 1. The van der Waals surface area contributed by atoms with Gasteiger partial charge in [0.05, 0.1) is 13.7 Å². The Hall–Kier alpha value is -1.75. The predicted molar refractivity (Wildman–Crippen MR) is 78.3 cm³/mol. The smallest absolute Gasteiger partial charge is 0.221 e. The molecule has 0 aliphatic heterocycles. The first kappa shape index (κ1) is 16.3. The molecular weight excluding hydrogens is 258 g/mol. The number of unbranched alkanes of at least 4 members (excludes halogenated alkanes) is 3. The lowest BCUT2D eigenvalue weighted by Gasteiger charge is -2.12. The molecule has 0 bridgehead atoms. The van der Waals surface area contributed by atoms with Crippen LogP contribution in [0.15, 0.2) is 18.2 Å². The van der Waals surface area contributed by atoms with Crippen molar-refractivity contribution in [3.05, 3.63) is 18.2 Å². The number of methoxy groups -OCH3 is 1. The second-order valence-corrected chi connectivity index (χ2v) is 4.53. The van der Waals surface area contributed by atoms with Gasteiger partial charge in [-0.25, -0.2) is 0 Å². The minimum atomic E-state index is -0.121. The fourth-order valence-corrected chi connectivity index (χ4v) is 1.82. The van der Waals surface area contributed by atoms with Crippen LogP contribution in [0, 0.1) is 0 Å². The number of nitrogens with one attached hydrogen (secondary N) is 1. The van der Waals surface area contributed by atoms with Crippen LogP contribution in [0.1, 0.15) is 32.6 Å². The number of benzene rings is 1. The standard InChI is InChI=1S/C15H23NO4/c1-12(18)16-13-7-8-14(15(11-13)19-2)20-10-6-4-3-5-9-17/h7-8,11,17H,3-6,9-10H2,1-2H3,(H,16,18). The van der Waals surface area contributed by atoms with Crippen LogP contribution in [-0.4, -0.2) is 31.3 Å². The fraction of sp³-hybridized carbons (Fsp3) is 0.533. The molecular formula is C15H23NO4. The lowest BCUT2D eigenvalue weighted by atomic mass is 10.2. The summed E-state index contributed by atoms with van der Waals surface area (Å²) in [5.74, 6) is 1.15. The topological polar surface area (TPSA) is 67.8 Å². The van der Waals surface area contributed by atoms with Crippen LogP contribution >= 0.6 is 0 Å². The summed E-state index contributed by atoms with van der Waals surface area (Å²) in [6.07, 6.45) is 3.83. The minimum absolute atomic E-state index is 0.121. The maximum absolute atomic E-state index is 11.0. The van der Waals surface area contributed by atoms with E-state index in [1.165, 1.54) is 6.92 Å². The van der Waals surface area contributed by atoms with Gasteiger partial charge in [0.25, 0.3) is 0 Å². The van der Waals surface area contributed by atoms with Gasteiger partial charge in [-0.1, -0.05) is 6.42 Å². The molecule has 0 saturated heterocycles. The molecule has 0 fully saturated rings. The minimum Gasteiger partial charge on any atom is -0.493 e. The summed E-state index contributed by atoms with van der Waals surface area (Å²) in [5, 5.41) is 11.4. The van der Waals surface area contributed by atoms with E-state index in [9.17, 15) is 4.79 Å². The molecule has 0 aromatic heterocycles. The normalized spacial score (nSPS) is 10.2. The van der Waals surface area contributed by atoms with Crippen molar-refractivity contribution in [2.75, 3.05) is 25.6 Å². The molecule has 0 saturated carbocycles. The average molecular weight is 281 g/mol. The number of amides is 1. The number of carbonyl (C=O) groups excluding carboxylic acids is 1. The maximum Gasteiger partial charge on any atom is 0.221 e. The first-order chi connectivity index (χ1) is 9.67. The van der Waals surface area contributed by atoms with Gasteiger partial charge in [-0.2, -0.15) is 0 Å². The van der Waals surface area contributed by atoms with Crippen molar-refractivity contribution in [3.8, 4) is 11.5 Å². The Morgan fingerprint density at radius 3 is 2.60 bits per heavy atom. The summed E-state index contributed by atoms with van der Waals surface area (Å²) >= 11 is 0. The highest BCUT2D eigenvalue weighted by atomic mass is 16.5. The summed E-state index contributed by atoms with van der Waals surface area (Å²) in [6, 6.07) is 5.31. The van der Waals surface area contributed by atoms with Crippen molar-refractivity contribution in [1.29, 1.82) is 0 Å². The molecule has 0 aliphatic carbocycles. The predicted octanol–water partition coefficient (Wildman–Crippen LogP) is 2.59. The largest absolute Gasteiger partial charge is 0.493 e. The second kappa shape index (κ2) is 9.20. The number of aliphatic hydroxyl groups is 1. The molecule has 0 radical (unpaired) electrons. The summed E-state index contributed by atoms with van der Waals surface area (Å²) in [6.45, 7) is 2.32. The molecule has 1 aromatic rings. The Bertz CT molecular complexity index is 420. The summed E-state index contributed by atoms with van der Waals surface area (Å²) in [4.78, 5) is 11.0. The number of rotatable bonds is 9. The molecule has 0 spiro atoms. The van der Waals surface area contributed by atoms with Crippen molar-refractivity contribution < 1.29 is 19.4 Å². The van der Waals surface area contributed by atoms with Gasteiger partial charge in [-0.15, -0.1) is 0 Å². The Kier molecular flexibility index (Phi) is 7.50. The number of hydrogen-bond acceptors (Lipinski definition) is 4. The Balaban J connectivity index is 2.46. The molecule has 2 N–H and O–H groups in total. The first-order valence-electron chi connectivity index (χ1n) is 6.86. The highest BCUT2D eigenvalue weighted by Crippen LogP contribution is 2.30. The van der Waals surface area contributed by atoms with Gasteiger partial charge in [0.2, 0.25) is 5.91 Å². The zero-order valence-electron chi connectivity index (χ0n) is 12.1. The van der Waals surface area contributed by atoms with E-state index in [0.29, 0.717) is 23.8 Å². The van der Waals surface area contributed by atoms with Gasteiger partial charge >= 0.3 is 0 Å². The third-order valence-electron chi connectivity index (χ3n) is 2.79. The number of ether oxygens (including phenoxy) is 2. The summed E-state index contributed by atoms with van der Waals surface area (Å²) < 4.78 is 10.9. The van der Waals surface area contributed by atoms with Crippen molar-refractivity contribution >= 4 is 11.6 Å². The molecule has 1 rings (SSSR count). The molecule has 1 aromatic carbocycles. The molecule has 5 nitrogen and oxygen atoms in total. The van der Waals surface area contributed by atoms with Crippen LogP contribution in [0.3, 0.4) is 0 Å². The molecule has 20 heavy (non-hydrogen) atoms. The van der Waals surface area contributed by atoms with E-state index < -0.39 is 0 Å². The van der Waals surface area contributed by atoms with Crippen LogP contribution in [0.25, 0.3) is 0 Å². The zero-order chi connectivity index (χ0) is 14.8. The first-order valence-corrected chi connectivity index (χ1v) is 6.86. The van der Waals surface area contributed by atoms with Crippen molar-refractivity contribution in [1.82, 2.24) is 0 Å². The second-order valence-electron chi connectivity index (χ2n) is 4.53. The quantitative estimate of drug-likeness (QED) is 0.683. The van der Waals surface area contributed by atoms with E-state index >= 15 is 0 Å². The number of aliphatic hydroxyl groups excluding tert-OH is 1.